The molecule has 146 valence electrons. The summed E-state index contributed by atoms with van der Waals surface area (Å²) in [6.45, 7) is 14.1. The molecule has 0 bridgehead atoms. The van der Waals surface area contributed by atoms with Crippen molar-refractivity contribution in [3.8, 4) is 0 Å². The van der Waals surface area contributed by atoms with Crippen molar-refractivity contribution in [3.05, 3.63) is 40.8 Å². The third-order valence-corrected chi connectivity index (χ3v) is 6.81. The standard InChI is InChI=1S/C22H33N5/c1-5-27-19(4)20(18(3)24-27)16-26-13-7-10-22(26)11-14-25(15-12-22)21-9-6-8-17(2)23-21/h6,8-9H,5,7,10-16H2,1-4H3. The quantitative estimate of drug-likeness (QED) is 0.822. The Labute approximate surface area is 163 Å². The van der Waals surface area contributed by atoms with Crippen LogP contribution in [-0.2, 0) is 13.1 Å². The van der Waals surface area contributed by atoms with Gasteiger partial charge in [0.1, 0.15) is 5.82 Å². The van der Waals surface area contributed by atoms with Crippen LogP contribution in [0.15, 0.2) is 18.2 Å². The molecule has 27 heavy (non-hydrogen) atoms. The summed E-state index contributed by atoms with van der Waals surface area (Å²) in [7, 11) is 0. The molecule has 0 atom stereocenters. The van der Waals surface area contributed by atoms with Gasteiger partial charge in [-0.3, -0.25) is 9.58 Å². The second kappa shape index (κ2) is 7.27. The maximum Gasteiger partial charge on any atom is 0.128 e. The number of aromatic nitrogens is 3. The number of rotatable bonds is 4. The molecule has 4 heterocycles. The molecule has 2 saturated heterocycles. The summed E-state index contributed by atoms with van der Waals surface area (Å²) >= 11 is 0. The summed E-state index contributed by atoms with van der Waals surface area (Å²) in [4.78, 5) is 9.98. The number of pyridine rings is 1. The highest BCUT2D eigenvalue weighted by Crippen LogP contribution is 2.40. The van der Waals surface area contributed by atoms with Crippen LogP contribution < -0.4 is 4.90 Å². The van der Waals surface area contributed by atoms with Crippen LogP contribution in [-0.4, -0.2) is 44.8 Å². The molecule has 0 saturated carbocycles. The summed E-state index contributed by atoms with van der Waals surface area (Å²) in [6, 6.07) is 6.36. The zero-order valence-electron chi connectivity index (χ0n) is 17.3. The van der Waals surface area contributed by atoms with Crippen molar-refractivity contribution in [1.82, 2.24) is 19.7 Å². The second-order valence-corrected chi connectivity index (χ2v) is 8.34. The predicted molar refractivity (Wildman–Crippen MR) is 110 cm³/mol. The second-order valence-electron chi connectivity index (χ2n) is 8.34. The molecule has 0 aliphatic carbocycles. The molecule has 2 aromatic heterocycles. The summed E-state index contributed by atoms with van der Waals surface area (Å²) in [6.07, 6.45) is 5.13. The van der Waals surface area contributed by atoms with E-state index in [0.29, 0.717) is 5.54 Å². The van der Waals surface area contributed by atoms with Gasteiger partial charge in [-0.2, -0.15) is 5.10 Å². The van der Waals surface area contributed by atoms with E-state index < -0.39 is 0 Å². The number of hydrogen-bond acceptors (Lipinski definition) is 4. The lowest BCUT2D eigenvalue weighted by Gasteiger charge is -2.45. The average molecular weight is 368 g/mol. The van der Waals surface area contributed by atoms with Crippen LogP contribution in [0.1, 0.15) is 55.3 Å². The van der Waals surface area contributed by atoms with Gasteiger partial charge in [0.15, 0.2) is 0 Å². The molecular weight excluding hydrogens is 334 g/mol. The fourth-order valence-corrected chi connectivity index (χ4v) is 5.13. The molecule has 2 aliphatic heterocycles. The summed E-state index contributed by atoms with van der Waals surface area (Å²) < 4.78 is 2.15. The summed E-state index contributed by atoms with van der Waals surface area (Å²) in [5, 5.41) is 4.74. The topological polar surface area (TPSA) is 37.2 Å². The van der Waals surface area contributed by atoms with Crippen molar-refractivity contribution >= 4 is 5.82 Å². The molecule has 2 aromatic rings. The van der Waals surface area contributed by atoms with Gasteiger partial charge in [0, 0.05) is 48.7 Å². The van der Waals surface area contributed by atoms with Gasteiger partial charge in [0.05, 0.1) is 5.69 Å². The van der Waals surface area contributed by atoms with Crippen LogP contribution in [0, 0.1) is 20.8 Å². The van der Waals surface area contributed by atoms with Crippen LogP contribution in [0.25, 0.3) is 0 Å². The van der Waals surface area contributed by atoms with Crippen molar-refractivity contribution < 1.29 is 0 Å². The lowest BCUT2D eigenvalue weighted by atomic mass is 9.84. The van der Waals surface area contributed by atoms with Crippen LogP contribution >= 0.6 is 0 Å². The van der Waals surface area contributed by atoms with E-state index in [2.05, 4.69) is 60.4 Å². The highest BCUT2D eigenvalue weighted by atomic mass is 15.3. The van der Waals surface area contributed by atoms with E-state index >= 15 is 0 Å². The van der Waals surface area contributed by atoms with Crippen molar-refractivity contribution in [1.29, 1.82) is 0 Å². The van der Waals surface area contributed by atoms with Crippen molar-refractivity contribution in [2.24, 2.45) is 0 Å². The largest absolute Gasteiger partial charge is 0.356 e. The van der Waals surface area contributed by atoms with Crippen LogP contribution in [0.4, 0.5) is 5.82 Å². The number of piperidine rings is 1. The Kier molecular flexibility index (Phi) is 4.97. The first kappa shape index (κ1) is 18.5. The third kappa shape index (κ3) is 3.38. The van der Waals surface area contributed by atoms with E-state index in [-0.39, 0.29) is 0 Å². The van der Waals surface area contributed by atoms with Crippen LogP contribution in [0.2, 0.25) is 0 Å². The zero-order valence-corrected chi connectivity index (χ0v) is 17.3. The van der Waals surface area contributed by atoms with Gasteiger partial charge in [0.25, 0.3) is 0 Å². The van der Waals surface area contributed by atoms with Crippen LogP contribution in [0.3, 0.4) is 0 Å². The van der Waals surface area contributed by atoms with Gasteiger partial charge in [-0.05, 0) is 72.1 Å². The van der Waals surface area contributed by atoms with E-state index in [1.54, 1.807) is 0 Å². The number of aryl methyl sites for hydroxylation is 3. The Hall–Kier alpha value is -1.88. The fourth-order valence-electron chi connectivity index (χ4n) is 5.13. The maximum atomic E-state index is 4.74. The Morgan fingerprint density at radius 3 is 2.48 bits per heavy atom. The van der Waals surface area contributed by atoms with Gasteiger partial charge in [-0.1, -0.05) is 6.07 Å². The van der Waals surface area contributed by atoms with Gasteiger partial charge < -0.3 is 4.90 Å². The van der Waals surface area contributed by atoms with E-state index in [1.807, 2.05) is 0 Å². The number of hydrogen-bond donors (Lipinski definition) is 0. The Bertz CT molecular complexity index is 801. The van der Waals surface area contributed by atoms with E-state index in [0.717, 1.165) is 37.7 Å². The van der Waals surface area contributed by atoms with E-state index in [4.69, 9.17) is 10.1 Å². The fraction of sp³-hybridized carbons (Fsp3) is 0.636. The summed E-state index contributed by atoms with van der Waals surface area (Å²) in [5.74, 6) is 1.14. The number of anilines is 1. The lowest BCUT2D eigenvalue weighted by molar-refractivity contribution is 0.0992. The lowest BCUT2D eigenvalue weighted by Crippen LogP contribution is -2.52. The number of likely N-dealkylation sites (tertiary alicyclic amines) is 1. The Morgan fingerprint density at radius 1 is 1.04 bits per heavy atom. The van der Waals surface area contributed by atoms with Gasteiger partial charge >= 0.3 is 0 Å². The molecular formula is C22H33N5. The first-order valence-electron chi connectivity index (χ1n) is 10.5. The highest BCUT2D eigenvalue weighted by Gasteiger charge is 2.43. The van der Waals surface area contributed by atoms with Crippen molar-refractivity contribution in [2.75, 3.05) is 24.5 Å². The molecule has 2 aliphatic rings. The predicted octanol–water partition coefficient (Wildman–Crippen LogP) is 3.86. The molecule has 0 N–H and O–H groups in total. The molecule has 0 aromatic carbocycles. The average Bonchev–Trinajstić information content (AvgIpc) is 3.18. The van der Waals surface area contributed by atoms with Gasteiger partial charge in [-0.25, -0.2) is 4.98 Å². The molecule has 2 fully saturated rings. The highest BCUT2D eigenvalue weighted by molar-refractivity contribution is 5.40. The van der Waals surface area contributed by atoms with Gasteiger partial charge in [0.2, 0.25) is 0 Å². The smallest absolute Gasteiger partial charge is 0.128 e. The Balaban J connectivity index is 1.48. The molecule has 0 unspecified atom stereocenters. The third-order valence-electron chi connectivity index (χ3n) is 6.81. The Morgan fingerprint density at radius 2 is 1.81 bits per heavy atom. The molecule has 5 heteroatoms. The SMILES string of the molecule is CCn1nc(C)c(CN2CCCC23CCN(c2cccc(C)n2)CC3)c1C. The molecule has 0 radical (unpaired) electrons. The number of nitrogens with zero attached hydrogens (tertiary/aromatic N) is 5. The molecule has 4 rings (SSSR count). The maximum absolute atomic E-state index is 4.74. The monoisotopic (exact) mass is 367 g/mol. The first-order chi connectivity index (χ1) is 13.0. The minimum Gasteiger partial charge on any atom is -0.356 e. The molecule has 0 amide bonds. The normalized spacial score (nSPS) is 19.9. The van der Waals surface area contributed by atoms with Crippen LogP contribution in [0.5, 0.6) is 0 Å². The molecule has 5 nitrogen and oxygen atoms in total. The van der Waals surface area contributed by atoms with Gasteiger partial charge in [-0.15, -0.1) is 0 Å². The van der Waals surface area contributed by atoms with E-state index in [9.17, 15) is 0 Å². The van der Waals surface area contributed by atoms with Crippen molar-refractivity contribution in [2.45, 2.75) is 72.0 Å². The minimum atomic E-state index is 0.369. The first-order valence-corrected chi connectivity index (χ1v) is 10.5. The summed E-state index contributed by atoms with van der Waals surface area (Å²) in [5.41, 5.74) is 5.47. The van der Waals surface area contributed by atoms with E-state index in [1.165, 1.54) is 49.2 Å². The zero-order chi connectivity index (χ0) is 19.0. The minimum absolute atomic E-state index is 0.369. The molecule has 1 spiro atoms. The van der Waals surface area contributed by atoms with Crippen molar-refractivity contribution in [3.63, 3.8) is 0 Å².